The maximum absolute atomic E-state index is 3.37. The number of anilines is 1. The molecule has 108 valence electrons. The van der Waals surface area contributed by atoms with Gasteiger partial charge in [-0.05, 0) is 31.0 Å². The van der Waals surface area contributed by atoms with E-state index < -0.39 is 0 Å². The van der Waals surface area contributed by atoms with Crippen LogP contribution >= 0.6 is 0 Å². The van der Waals surface area contributed by atoms with Crippen LogP contribution in [0.4, 0.5) is 5.69 Å². The van der Waals surface area contributed by atoms with Crippen molar-refractivity contribution in [3.8, 4) is 11.8 Å². The molecule has 2 heteroatoms. The van der Waals surface area contributed by atoms with Crippen LogP contribution in [0.1, 0.15) is 24.0 Å². The smallest absolute Gasteiger partial charge is 0.0525 e. The molecule has 3 aromatic rings. The minimum Gasteiger partial charge on any atom is -0.371 e. The van der Waals surface area contributed by atoms with Gasteiger partial charge in [-0.2, -0.15) is 0 Å². The van der Waals surface area contributed by atoms with Gasteiger partial charge in [0.05, 0.1) is 11.3 Å². The molecule has 1 fully saturated rings. The maximum Gasteiger partial charge on any atom is 0.0525 e. The second-order valence-corrected chi connectivity index (χ2v) is 5.71. The third kappa shape index (κ3) is 2.35. The zero-order valence-electron chi connectivity index (χ0n) is 12.5. The molecule has 0 radical (unpaired) electrons. The van der Waals surface area contributed by atoms with Gasteiger partial charge in [0.2, 0.25) is 0 Å². The summed E-state index contributed by atoms with van der Waals surface area (Å²) in [6.07, 6.45) is 4.56. The van der Waals surface area contributed by atoms with E-state index in [-0.39, 0.29) is 0 Å². The van der Waals surface area contributed by atoms with Crippen LogP contribution in [0.3, 0.4) is 0 Å². The van der Waals surface area contributed by atoms with Gasteiger partial charge in [0.15, 0.2) is 0 Å². The fourth-order valence-electron chi connectivity index (χ4n) is 3.12. The number of aromatic nitrogens is 1. The third-order valence-electron chi connectivity index (χ3n) is 4.27. The monoisotopic (exact) mass is 286 g/mol. The van der Waals surface area contributed by atoms with E-state index in [0.717, 1.165) is 29.7 Å². The summed E-state index contributed by atoms with van der Waals surface area (Å²) in [6, 6.07) is 16.8. The molecule has 0 saturated carbocycles. The summed E-state index contributed by atoms with van der Waals surface area (Å²) in [5, 5.41) is 1.19. The molecule has 1 aromatic heterocycles. The predicted molar refractivity (Wildman–Crippen MR) is 92.2 cm³/mol. The molecule has 2 nitrogen and oxygen atoms in total. The highest BCUT2D eigenvalue weighted by molar-refractivity contribution is 5.86. The molecule has 1 N–H and O–H groups in total. The summed E-state index contributed by atoms with van der Waals surface area (Å²) in [6.45, 7) is 2.29. The quantitative estimate of drug-likeness (QED) is 0.665. The zero-order valence-corrected chi connectivity index (χ0v) is 12.5. The van der Waals surface area contributed by atoms with E-state index in [1.807, 2.05) is 12.3 Å². The molecule has 1 aliphatic rings. The topological polar surface area (TPSA) is 19.0 Å². The Bertz CT molecular complexity index is 858. The molecule has 4 rings (SSSR count). The highest BCUT2D eigenvalue weighted by Gasteiger charge is 2.14. The molecule has 2 heterocycles. The number of aromatic amines is 1. The number of rotatable bonds is 1. The first-order valence-electron chi connectivity index (χ1n) is 7.84. The lowest BCUT2D eigenvalue weighted by molar-refractivity contribution is 0.949. The number of benzene rings is 2. The SMILES string of the molecule is C(#Cc1c[nH]c2ccccc12)c1ccccc1N1CCCC1. The lowest BCUT2D eigenvalue weighted by atomic mass is 10.1. The minimum atomic E-state index is 1.06. The van der Waals surface area contributed by atoms with Crippen LogP contribution in [0.25, 0.3) is 10.9 Å². The van der Waals surface area contributed by atoms with Crippen LogP contribution in [0, 0.1) is 11.8 Å². The molecule has 0 atom stereocenters. The standard InChI is InChI=1S/C20H18N2/c1-4-10-20(22-13-5-6-14-22)16(7-1)11-12-17-15-21-19-9-3-2-8-18(17)19/h1-4,7-10,15,21H,5-6,13-14H2. The fourth-order valence-corrected chi connectivity index (χ4v) is 3.12. The summed E-state index contributed by atoms with van der Waals surface area (Å²) in [5.41, 5.74) is 4.59. The summed E-state index contributed by atoms with van der Waals surface area (Å²) in [4.78, 5) is 5.72. The Labute approximate surface area is 130 Å². The van der Waals surface area contributed by atoms with Crippen molar-refractivity contribution in [3.63, 3.8) is 0 Å². The van der Waals surface area contributed by atoms with Crippen LogP contribution in [0.2, 0.25) is 0 Å². The van der Waals surface area contributed by atoms with Crippen molar-refractivity contribution in [2.45, 2.75) is 12.8 Å². The minimum absolute atomic E-state index is 1.06. The van der Waals surface area contributed by atoms with Crippen molar-refractivity contribution in [3.05, 3.63) is 65.9 Å². The van der Waals surface area contributed by atoms with Gasteiger partial charge < -0.3 is 9.88 Å². The number of hydrogen-bond acceptors (Lipinski definition) is 1. The van der Waals surface area contributed by atoms with Crippen molar-refractivity contribution in [2.75, 3.05) is 18.0 Å². The Balaban J connectivity index is 1.73. The van der Waals surface area contributed by atoms with Crippen LogP contribution in [0.5, 0.6) is 0 Å². The number of para-hydroxylation sites is 2. The van der Waals surface area contributed by atoms with E-state index in [0.29, 0.717) is 0 Å². The summed E-state index contributed by atoms with van der Waals surface area (Å²) in [7, 11) is 0. The van der Waals surface area contributed by atoms with Crippen molar-refractivity contribution in [1.29, 1.82) is 0 Å². The van der Waals surface area contributed by atoms with Gasteiger partial charge in [-0.3, -0.25) is 0 Å². The second-order valence-electron chi connectivity index (χ2n) is 5.71. The van der Waals surface area contributed by atoms with Gasteiger partial charge in [0.1, 0.15) is 0 Å². The Kier molecular flexibility index (Phi) is 3.33. The largest absolute Gasteiger partial charge is 0.371 e. The van der Waals surface area contributed by atoms with Crippen molar-refractivity contribution in [1.82, 2.24) is 4.98 Å². The zero-order chi connectivity index (χ0) is 14.8. The number of H-pyrrole nitrogens is 1. The highest BCUT2D eigenvalue weighted by atomic mass is 15.1. The predicted octanol–water partition coefficient (Wildman–Crippen LogP) is 4.17. The average Bonchev–Trinajstić information content (AvgIpc) is 3.23. The molecule has 1 saturated heterocycles. The first-order chi connectivity index (χ1) is 10.9. The van der Waals surface area contributed by atoms with E-state index in [4.69, 9.17) is 0 Å². The van der Waals surface area contributed by atoms with Gasteiger partial charge in [-0.25, -0.2) is 0 Å². The molecule has 0 aliphatic carbocycles. The molecule has 0 unspecified atom stereocenters. The molecule has 0 spiro atoms. The summed E-state index contributed by atoms with van der Waals surface area (Å²) in [5.74, 6) is 6.71. The molecular formula is C20H18N2. The van der Waals surface area contributed by atoms with Crippen LogP contribution < -0.4 is 4.90 Å². The van der Waals surface area contributed by atoms with E-state index in [9.17, 15) is 0 Å². The van der Waals surface area contributed by atoms with Crippen LogP contribution in [-0.4, -0.2) is 18.1 Å². The first-order valence-corrected chi connectivity index (χ1v) is 7.84. The lowest BCUT2D eigenvalue weighted by Gasteiger charge is -2.19. The number of nitrogens with one attached hydrogen (secondary N) is 1. The van der Waals surface area contributed by atoms with E-state index in [2.05, 4.69) is 64.2 Å². The first kappa shape index (κ1) is 13.0. The summed E-state index contributed by atoms with van der Waals surface area (Å²) >= 11 is 0. The molecule has 22 heavy (non-hydrogen) atoms. The molecule has 0 bridgehead atoms. The molecular weight excluding hydrogens is 268 g/mol. The van der Waals surface area contributed by atoms with Gasteiger partial charge >= 0.3 is 0 Å². The van der Waals surface area contributed by atoms with Crippen LogP contribution in [-0.2, 0) is 0 Å². The van der Waals surface area contributed by atoms with Gasteiger partial charge in [0, 0.05) is 35.8 Å². The van der Waals surface area contributed by atoms with Crippen molar-refractivity contribution in [2.24, 2.45) is 0 Å². The normalized spacial score (nSPS) is 14.1. The maximum atomic E-state index is 3.37. The lowest BCUT2D eigenvalue weighted by Crippen LogP contribution is -2.18. The molecule has 2 aromatic carbocycles. The van der Waals surface area contributed by atoms with Crippen molar-refractivity contribution >= 4 is 16.6 Å². The van der Waals surface area contributed by atoms with E-state index in [1.54, 1.807) is 0 Å². The van der Waals surface area contributed by atoms with Gasteiger partial charge in [-0.1, -0.05) is 42.2 Å². The van der Waals surface area contributed by atoms with Gasteiger partial charge in [-0.15, -0.1) is 0 Å². The number of hydrogen-bond donors (Lipinski definition) is 1. The molecule has 0 amide bonds. The average molecular weight is 286 g/mol. The number of fused-ring (bicyclic) bond motifs is 1. The Morgan fingerprint density at radius 2 is 1.55 bits per heavy atom. The Morgan fingerprint density at radius 1 is 0.818 bits per heavy atom. The van der Waals surface area contributed by atoms with Gasteiger partial charge in [0.25, 0.3) is 0 Å². The van der Waals surface area contributed by atoms with Crippen LogP contribution in [0.15, 0.2) is 54.7 Å². The number of nitrogens with zero attached hydrogens (tertiary/aromatic N) is 1. The van der Waals surface area contributed by atoms with Crippen molar-refractivity contribution < 1.29 is 0 Å². The Morgan fingerprint density at radius 3 is 2.45 bits per heavy atom. The fraction of sp³-hybridized carbons (Fsp3) is 0.200. The van der Waals surface area contributed by atoms with E-state index >= 15 is 0 Å². The van der Waals surface area contributed by atoms with E-state index in [1.165, 1.54) is 23.9 Å². The summed E-state index contributed by atoms with van der Waals surface area (Å²) < 4.78 is 0. The highest BCUT2D eigenvalue weighted by Crippen LogP contribution is 2.24. The molecule has 1 aliphatic heterocycles. The third-order valence-corrected chi connectivity index (χ3v) is 4.27. The second kappa shape index (κ2) is 5.61. The Hall–Kier alpha value is -2.66.